The second-order valence-electron chi connectivity index (χ2n) is 6.38. The van der Waals surface area contributed by atoms with Gasteiger partial charge < -0.3 is 27.0 Å². The van der Waals surface area contributed by atoms with Gasteiger partial charge >= 0.3 is 0 Å². The molecule has 1 saturated heterocycles. The Balaban J connectivity index is 0.00000243. The maximum atomic E-state index is 11.1. The molecule has 1 aliphatic rings. The van der Waals surface area contributed by atoms with Gasteiger partial charge in [0, 0.05) is 25.6 Å². The fraction of sp³-hybridized carbons (Fsp3) is 0.429. The highest BCUT2D eigenvalue weighted by molar-refractivity contribution is 5.32. The molecule has 1 N–H and O–H groups in total. The number of hydrogen-bond donors (Lipinski definition) is 1. The van der Waals surface area contributed by atoms with Crippen molar-refractivity contribution < 1.29 is 27.0 Å². The van der Waals surface area contributed by atoms with Gasteiger partial charge in [-0.15, -0.1) is 0 Å². The highest BCUT2D eigenvalue weighted by Gasteiger charge is 2.26. The molecule has 0 bridgehead atoms. The lowest BCUT2D eigenvalue weighted by molar-refractivity contribution is -0.00000817. The van der Waals surface area contributed by atoms with Crippen molar-refractivity contribution in [3.05, 3.63) is 65.7 Å². The second-order valence-corrected chi connectivity index (χ2v) is 6.38. The maximum Gasteiger partial charge on any atom is 0.119 e. The van der Waals surface area contributed by atoms with E-state index in [1.54, 1.807) is 0 Å². The van der Waals surface area contributed by atoms with Crippen molar-refractivity contribution in [3.63, 3.8) is 0 Å². The molecule has 0 radical (unpaired) electrons. The van der Waals surface area contributed by atoms with Crippen LogP contribution in [0.15, 0.2) is 54.6 Å². The summed E-state index contributed by atoms with van der Waals surface area (Å²) in [6.07, 6.45) is -0.555. The number of benzene rings is 2. The van der Waals surface area contributed by atoms with E-state index < -0.39 is 6.10 Å². The highest BCUT2D eigenvalue weighted by Crippen LogP contribution is 2.32. The van der Waals surface area contributed by atoms with Crippen LogP contribution in [0.25, 0.3) is 0 Å². The number of aliphatic hydroxyl groups is 1. The Labute approximate surface area is 162 Å². The number of rotatable bonds is 7. The van der Waals surface area contributed by atoms with Crippen LogP contribution in [0.2, 0.25) is 0 Å². The number of nitrogens with zero attached hydrogens (tertiary/aromatic N) is 1. The van der Waals surface area contributed by atoms with Crippen molar-refractivity contribution >= 4 is 0 Å². The third kappa shape index (κ3) is 5.45. The largest absolute Gasteiger partial charge is 1.00 e. The molecular weight excluding hydrogens is 350 g/mol. The molecule has 0 aromatic heterocycles. The predicted octanol–water partition coefficient (Wildman–Crippen LogP) is 0.239. The van der Waals surface area contributed by atoms with Gasteiger partial charge in [0.2, 0.25) is 0 Å². The second kappa shape index (κ2) is 10.5. The number of hydrogen-bond acceptors (Lipinski definition) is 4. The molecule has 1 fully saturated rings. The molecule has 2 aromatic rings. The number of ether oxygens (including phenoxy) is 2. The van der Waals surface area contributed by atoms with Crippen LogP contribution in [-0.2, 0) is 4.74 Å². The van der Waals surface area contributed by atoms with Gasteiger partial charge in [0.15, 0.2) is 0 Å². The normalized spacial score (nSPS) is 17.2. The summed E-state index contributed by atoms with van der Waals surface area (Å²) in [5.74, 6) is 0.861. The fourth-order valence-corrected chi connectivity index (χ4v) is 3.31. The number of halogens is 1. The van der Waals surface area contributed by atoms with Gasteiger partial charge in [-0.25, -0.2) is 0 Å². The monoisotopic (exact) mass is 376 g/mol. The predicted molar refractivity (Wildman–Crippen MR) is 99.0 cm³/mol. The standard InChI is InChI=1S/C21H27NO3.ClH/c1-2-25-19-10-8-18(9-11-19)21(23)20(17-6-4-3-5-7-17)16-22-12-14-24-15-13-22;/h3-11,20-21,23H,2,12-16H2,1H3;1H/p-1. The zero-order valence-electron chi connectivity index (χ0n) is 15.2. The van der Waals surface area contributed by atoms with Crippen molar-refractivity contribution in [3.8, 4) is 5.75 Å². The quantitative estimate of drug-likeness (QED) is 0.751. The van der Waals surface area contributed by atoms with Crippen molar-refractivity contribution in [1.29, 1.82) is 0 Å². The lowest BCUT2D eigenvalue weighted by atomic mass is 9.88. The topological polar surface area (TPSA) is 41.9 Å². The van der Waals surface area contributed by atoms with E-state index in [9.17, 15) is 5.11 Å². The van der Waals surface area contributed by atoms with Crippen LogP contribution in [-0.4, -0.2) is 49.5 Å². The van der Waals surface area contributed by atoms with Crippen LogP contribution in [0, 0.1) is 0 Å². The van der Waals surface area contributed by atoms with Gasteiger partial charge in [-0.05, 0) is 30.2 Å². The first-order valence-electron chi connectivity index (χ1n) is 9.04. The average Bonchev–Trinajstić information content (AvgIpc) is 2.68. The van der Waals surface area contributed by atoms with E-state index in [1.807, 2.05) is 49.4 Å². The van der Waals surface area contributed by atoms with E-state index in [0.29, 0.717) is 6.61 Å². The van der Waals surface area contributed by atoms with Gasteiger partial charge in [0.05, 0.1) is 25.9 Å². The first-order chi connectivity index (χ1) is 12.3. The van der Waals surface area contributed by atoms with Gasteiger partial charge in [-0.3, -0.25) is 4.90 Å². The van der Waals surface area contributed by atoms with E-state index in [1.165, 1.54) is 0 Å². The van der Waals surface area contributed by atoms with Crippen LogP contribution in [0.5, 0.6) is 5.75 Å². The maximum absolute atomic E-state index is 11.1. The third-order valence-electron chi connectivity index (χ3n) is 4.70. The van der Waals surface area contributed by atoms with E-state index in [-0.39, 0.29) is 18.3 Å². The molecule has 0 saturated carbocycles. The van der Waals surface area contributed by atoms with Gasteiger partial charge in [-0.2, -0.15) is 0 Å². The first-order valence-corrected chi connectivity index (χ1v) is 9.04. The molecule has 26 heavy (non-hydrogen) atoms. The minimum absolute atomic E-state index is 0. The lowest BCUT2D eigenvalue weighted by Gasteiger charge is -2.33. The van der Waals surface area contributed by atoms with Gasteiger partial charge in [0.25, 0.3) is 0 Å². The van der Waals surface area contributed by atoms with Crippen molar-refractivity contribution in [2.24, 2.45) is 0 Å². The van der Waals surface area contributed by atoms with E-state index in [2.05, 4.69) is 17.0 Å². The van der Waals surface area contributed by atoms with E-state index in [0.717, 1.165) is 49.7 Å². The number of morpholine rings is 1. The Morgan fingerprint density at radius 2 is 1.65 bits per heavy atom. The zero-order chi connectivity index (χ0) is 17.5. The summed E-state index contributed by atoms with van der Waals surface area (Å²) in [4.78, 5) is 2.37. The van der Waals surface area contributed by atoms with Crippen LogP contribution >= 0.6 is 0 Å². The number of aliphatic hydroxyl groups excluding tert-OH is 1. The Morgan fingerprint density at radius 1 is 1.00 bits per heavy atom. The summed E-state index contributed by atoms with van der Waals surface area (Å²) in [7, 11) is 0. The molecule has 1 heterocycles. The molecule has 1 aliphatic heterocycles. The molecular formula is C21H27ClNO3-. The fourth-order valence-electron chi connectivity index (χ4n) is 3.31. The summed E-state index contributed by atoms with van der Waals surface area (Å²) >= 11 is 0. The van der Waals surface area contributed by atoms with Crippen molar-refractivity contribution in [1.82, 2.24) is 4.90 Å². The molecule has 5 heteroatoms. The summed E-state index contributed by atoms with van der Waals surface area (Å²) in [5, 5.41) is 11.1. The third-order valence-corrected chi connectivity index (χ3v) is 4.70. The summed E-state index contributed by atoms with van der Waals surface area (Å²) in [5.41, 5.74) is 2.08. The first kappa shape index (κ1) is 20.7. The Bertz CT molecular complexity index is 629. The van der Waals surface area contributed by atoms with Gasteiger partial charge in [-0.1, -0.05) is 42.5 Å². The van der Waals surface area contributed by atoms with Crippen molar-refractivity contribution in [2.45, 2.75) is 18.9 Å². The zero-order valence-corrected chi connectivity index (χ0v) is 15.9. The highest BCUT2D eigenvalue weighted by atomic mass is 35.5. The Kier molecular flexibility index (Phi) is 8.39. The SMILES string of the molecule is CCOc1ccc(C(O)C(CN2CCOCC2)c2ccccc2)cc1.[Cl-]. The van der Waals surface area contributed by atoms with Crippen LogP contribution < -0.4 is 17.1 Å². The van der Waals surface area contributed by atoms with Crippen molar-refractivity contribution in [2.75, 3.05) is 39.5 Å². The smallest absolute Gasteiger partial charge is 0.119 e. The Hall–Kier alpha value is -1.59. The molecule has 3 rings (SSSR count). The molecule has 2 atom stereocenters. The molecule has 0 aliphatic carbocycles. The summed E-state index contributed by atoms with van der Waals surface area (Å²) in [6.45, 7) is 6.80. The summed E-state index contributed by atoms with van der Waals surface area (Å²) < 4.78 is 11.0. The Morgan fingerprint density at radius 3 is 2.27 bits per heavy atom. The minimum atomic E-state index is -0.555. The van der Waals surface area contributed by atoms with Crippen LogP contribution in [0.4, 0.5) is 0 Å². The molecule has 4 nitrogen and oxygen atoms in total. The molecule has 2 aromatic carbocycles. The molecule has 2 unspecified atom stereocenters. The van der Waals surface area contributed by atoms with Crippen LogP contribution in [0.3, 0.4) is 0 Å². The summed E-state index contributed by atoms with van der Waals surface area (Å²) in [6, 6.07) is 18.1. The van der Waals surface area contributed by atoms with Gasteiger partial charge in [0.1, 0.15) is 5.75 Å². The van der Waals surface area contributed by atoms with Crippen LogP contribution in [0.1, 0.15) is 30.1 Å². The lowest BCUT2D eigenvalue weighted by Crippen LogP contribution is -3.00. The molecule has 142 valence electrons. The minimum Gasteiger partial charge on any atom is -1.00 e. The average molecular weight is 377 g/mol. The molecule has 0 amide bonds. The van der Waals surface area contributed by atoms with E-state index in [4.69, 9.17) is 9.47 Å². The van der Waals surface area contributed by atoms with E-state index >= 15 is 0 Å². The molecule has 0 spiro atoms.